The van der Waals surface area contributed by atoms with Crippen molar-refractivity contribution in [2.75, 3.05) is 31.9 Å². The van der Waals surface area contributed by atoms with Gasteiger partial charge in [0.2, 0.25) is 0 Å². The maximum Gasteiger partial charge on any atom is 0.417 e. The second-order valence-electron chi connectivity index (χ2n) is 9.79. The molecule has 4 fully saturated rings. The predicted molar refractivity (Wildman–Crippen MR) is 114 cm³/mol. The summed E-state index contributed by atoms with van der Waals surface area (Å²) in [6.45, 7) is 3.02. The first-order chi connectivity index (χ1) is 14.6. The van der Waals surface area contributed by atoms with Crippen molar-refractivity contribution in [2.45, 2.75) is 37.4 Å². The van der Waals surface area contributed by atoms with E-state index < -0.39 is 11.7 Å². The third-order valence-corrected chi connectivity index (χ3v) is 8.66. The van der Waals surface area contributed by atoms with Gasteiger partial charge in [0.05, 0.1) is 22.7 Å². The first kappa shape index (κ1) is 20.8. The summed E-state index contributed by atoms with van der Waals surface area (Å²) in [6.07, 6.45) is -0.977. The lowest BCUT2D eigenvalue weighted by molar-refractivity contribution is -0.137. The lowest BCUT2D eigenvalue weighted by atomic mass is 9.56. The first-order valence-electron chi connectivity index (χ1n) is 10.5. The summed E-state index contributed by atoms with van der Waals surface area (Å²) in [5.41, 5.74) is -0.329. The van der Waals surface area contributed by atoms with Gasteiger partial charge in [-0.15, -0.1) is 10.7 Å². The number of nitriles is 1. The number of nitrogens with zero attached hydrogens (tertiary/aromatic N) is 3. The molecule has 0 bridgehead atoms. The zero-order valence-corrected chi connectivity index (χ0v) is 18.0. The molecule has 2 spiro atoms. The Bertz CT molecular complexity index is 981. The van der Waals surface area contributed by atoms with E-state index in [-0.39, 0.29) is 33.2 Å². The van der Waals surface area contributed by atoms with Crippen molar-refractivity contribution in [3.8, 4) is 6.07 Å². The van der Waals surface area contributed by atoms with Gasteiger partial charge in [-0.3, -0.25) is 4.72 Å². The van der Waals surface area contributed by atoms with Gasteiger partial charge in [-0.1, -0.05) is 11.9 Å². The molecular formula is C22H25F3N4OS. The highest BCUT2D eigenvalue weighted by Gasteiger charge is 2.56. The molecular weight excluding hydrogens is 425 g/mol. The molecule has 166 valence electrons. The number of nitrogens with one attached hydrogen (secondary N) is 1. The van der Waals surface area contributed by atoms with Crippen LogP contribution in [-0.4, -0.2) is 59.2 Å². The fourth-order valence-corrected chi connectivity index (χ4v) is 7.40. The van der Waals surface area contributed by atoms with Gasteiger partial charge < -0.3 is 9.80 Å². The Kier molecular flexibility index (Phi) is 4.69. The number of likely N-dealkylation sites (tertiary alicyclic amines) is 2. The van der Waals surface area contributed by atoms with Gasteiger partial charge in [0.15, 0.2) is 0 Å². The van der Waals surface area contributed by atoms with Crippen LogP contribution in [0.2, 0.25) is 0 Å². The van der Waals surface area contributed by atoms with Gasteiger partial charge in [0, 0.05) is 37.3 Å². The number of benzene rings is 1. The van der Waals surface area contributed by atoms with Crippen molar-refractivity contribution >= 4 is 22.6 Å². The number of urea groups is 1. The Morgan fingerprint density at radius 1 is 1.26 bits per heavy atom. The third-order valence-electron chi connectivity index (χ3n) is 7.25. The molecule has 5 rings (SSSR count). The van der Waals surface area contributed by atoms with Crippen molar-refractivity contribution in [3.05, 3.63) is 34.9 Å². The van der Waals surface area contributed by atoms with Crippen molar-refractivity contribution < 1.29 is 18.0 Å². The Labute approximate surface area is 182 Å². The van der Waals surface area contributed by atoms with Crippen molar-refractivity contribution in [1.82, 2.24) is 14.5 Å². The molecule has 0 aromatic heterocycles. The molecule has 31 heavy (non-hydrogen) atoms. The first-order valence-corrected chi connectivity index (χ1v) is 12.1. The van der Waals surface area contributed by atoms with Gasteiger partial charge in [0.1, 0.15) is 0 Å². The number of rotatable bonds is 2. The second kappa shape index (κ2) is 6.97. The molecule has 1 aromatic rings. The van der Waals surface area contributed by atoms with Gasteiger partial charge >= 0.3 is 12.2 Å². The topological polar surface area (TPSA) is 59.4 Å². The summed E-state index contributed by atoms with van der Waals surface area (Å²) in [5, 5.41) is 8.93. The fourth-order valence-electron chi connectivity index (χ4n) is 5.82. The molecule has 1 atom stereocenters. The van der Waals surface area contributed by atoms with Crippen molar-refractivity contribution in [3.63, 3.8) is 0 Å². The van der Waals surface area contributed by atoms with Crippen molar-refractivity contribution in [2.24, 2.45) is 11.3 Å². The van der Waals surface area contributed by atoms with Crippen LogP contribution in [0.1, 0.15) is 36.0 Å². The summed E-state index contributed by atoms with van der Waals surface area (Å²) in [6, 6.07) is 5.75. The summed E-state index contributed by atoms with van der Waals surface area (Å²) < 4.78 is 43.0. The number of alkyl halides is 3. The highest BCUT2D eigenvalue weighted by molar-refractivity contribution is 8.12. The minimum absolute atomic E-state index is 0.0182. The van der Waals surface area contributed by atoms with Crippen LogP contribution in [0.25, 0.3) is 0 Å². The minimum atomic E-state index is -4.52. The molecule has 1 saturated carbocycles. The molecule has 1 aliphatic carbocycles. The summed E-state index contributed by atoms with van der Waals surface area (Å²) in [7, 11) is 0.0182. The van der Waals surface area contributed by atoms with Crippen LogP contribution >= 0.6 is 10.7 Å². The average Bonchev–Trinajstić information content (AvgIpc) is 3.02. The quantitative estimate of drug-likeness (QED) is 0.701. The monoisotopic (exact) mass is 450 g/mol. The number of hydrogen-bond donors (Lipinski definition) is 1. The summed E-state index contributed by atoms with van der Waals surface area (Å²) >= 11 is 0. The minimum Gasteiger partial charge on any atom is -0.323 e. The van der Waals surface area contributed by atoms with E-state index in [0.29, 0.717) is 17.9 Å². The van der Waals surface area contributed by atoms with E-state index in [1.54, 1.807) is 12.1 Å². The van der Waals surface area contributed by atoms with Gasteiger partial charge in [-0.25, -0.2) is 4.79 Å². The zero-order chi connectivity index (χ0) is 22.0. The molecule has 9 heteroatoms. The lowest BCUT2D eigenvalue weighted by Crippen LogP contribution is -2.73. The smallest absolute Gasteiger partial charge is 0.323 e. The van der Waals surface area contributed by atoms with Gasteiger partial charge in [-0.05, 0) is 49.3 Å². The molecule has 4 aliphatic rings. The summed E-state index contributed by atoms with van der Waals surface area (Å²) in [5.74, 6) is 5.49. The van der Waals surface area contributed by atoms with Crippen LogP contribution in [0.4, 0.5) is 18.0 Å². The van der Waals surface area contributed by atoms with E-state index in [0.717, 1.165) is 57.3 Å². The van der Waals surface area contributed by atoms with Gasteiger partial charge in [0.25, 0.3) is 0 Å². The number of carbonyl (C=O) groups excluding carboxylic acids is 1. The molecule has 3 aliphatic heterocycles. The van der Waals surface area contributed by atoms with Crippen LogP contribution in [0.3, 0.4) is 0 Å². The normalized spacial score (nSPS) is 26.3. The van der Waals surface area contributed by atoms with E-state index in [9.17, 15) is 18.0 Å². The Morgan fingerprint density at radius 3 is 2.52 bits per heavy atom. The van der Waals surface area contributed by atoms with E-state index >= 15 is 0 Å². The second-order valence-corrected chi connectivity index (χ2v) is 11.4. The lowest BCUT2D eigenvalue weighted by Gasteiger charge is -2.61. The molecule has 3 saturated heterocycles. The highest BCUT2D eigenvalue weighted by Crippen LogP contribution is 2.53. The predicted octanol–water partition coefficient (Wildman–Crippen LogP) is 3.62. The van der Waals surface area contributed by atoms with Crippen LogP contribution in [0, 0.1) is 22.7 Å². The molecule has 1 aromatic carbocycles. The highest BCUT2D eigenvalue weighted by atomic mass is 32.2. The standard InChI is InChI=1S/C22H25F3N4OS/c1-31-5-4-21(27-31)13-29(14-21)19(30)28-11-20(12-28)8-16(9-20)6-15-2-3-17(10-26)18(7-15)22(23,24)25/h2-3,7,16,27H,1,4-6,8-9,11-14H2. The zero-order valence-electron chi connectivity index (χ0n) is 17.2. The van der Waals surface area contributed by atoms with E-state index in [2.05, 4.69) is 10.6 Å². The Morgan fingerprint density at radius 2 is 1.94 bits per heavy atom. The Balaban J connectivity index is 1.11. The third kappa shape index (κ3) is 3.64. The van der Waals surface area contributed by atoms with Crippen LogP contribution < -0.4 is 4.72 Å². The van der Waals surface area contributed by atoms with Crippen LogP contribution in [0.15, 0.2) is 18.2 Å². The molecule has 2 amide bonds. The maximum atomic E-state index is 13.2. The maximum absolute atomic E-state index is 13.2. The van der Waals surface area contributed by atoms with E-state index in [4.69, 9.17) is 5.26 Å². The fraction of sp³-hybridized carbons (Fsp3) is 0.591. The molecule has 5 nitrogen and oxygen atoms in total. The largest absolute Gasteiger partial charge is 0.417 e. The molecule has 1 N–H and O–H groups in total. The van der Waals surface area contributed by atoms with Crippen LogP contribution in [-0.2, 0) is 12.6 Å². The SMILES string of the molecule is C=S1CCC2(CN(C(=O)N3CC4(CC(Cc5ccc(C#N)c(C(F)(F)F)c5)C4)C3)C2)N1. The van der Waals surface area contributed by atoms with E-state index in [1.807, 2.05) is 9.80 Å². The average molecular weight is 451 g/mol. The molecule has 0 radical (unpaired) electrons. The van der Waals surface area contributed by atoms with E-state index in [1.165, 1.54) is 6.07 Å². The van der Waals surface area contributed by atoms with Crippen molar-refractivity contribution in [1.29, 1.82) is 5.26 Å². The van der Waals surface area contributed by atoms with Crippen LogP contribution in [0.5, 0.6) is 0 Å². The number of hydrogen-bond acceptors (Lipinski definition) is 3. The Hall–Kier alpha value is -2.05. The van der Waals surface area contributed by atoms with Gasteiger partial charge in [-0.2, -0.15) is 18.4 Å². The molecule has 3 heterocycles. The molecule has 1 unspecified atom stereocenters. The number of carbonyl (C=O) groups is 1. The summed E-state index contributed by atoms with van der Waals surface area (Å²) in [4.78, 5) is 16.5. The number of halogens is 3. The number of amides is 2.